The fourth-order valence-corrected chi connectivity index (χ4v) is 3.03. The summed E-state index contributed by atoms with van der Waals surface area (Å²) in [6.45, 7) is 2.37. The molecule has 5 heteroatoms. The van der Waals surface area contributed by atoms with Crippen molar-refractivity contribution in [3.8, 4) is 0 Å². The van der Waals surface area contributed by atoms with Crippen LogP contribution in [0.2, 0.25) is 0 Å². The molecule has 0 radical (unpaired) electrons. The van der Waals surface area contributed by atoms with Gasteiger partial charge in [-0.15, -0.1) is 0 Å². The van der Waals surface area contributed by atoms with Crippen LogP contribution in [0.5, 0.6) is 0 Å². The Balaban J connectivity index is 1.76. The number of hydrogen-bond donors (Lipinski definition) is 1. The van der Waals surface area contributed by atoms with Crippen molar-refractivity contribution in [2.75, 3.05) is 19.7 Å². The smallest absolute Gasteiger partial charge is 0.128 e. The third-order valence-electron chi connectivity index (χ3n) is 4.13. The van der Waals surface area contributed by atoms with Crippen LogP contribution in [-0.2, 0) is 4.74 Å². The number of morpholine rings is 1. The van der Waals surface area contributed by atoms with Crippen LogP contribution in [0.3, 0.4) is 0 Å². The summed E-state index contributed by atoms with van der Waals surface area (Å²) < 4.78 is 32.7. The lowest BCUT2D eigenvalue weighted by atomic mass is 9.99. The number of ether oxygens (including phenoxy) is 1. The molecule has 3 rings (SSSR count). The highest BCUT2D eigenvalue weighted by atomic mass is 19.1. The van der Waals surface area contributed by atoms with Gasteiger partial charge in [0.1, 0.15) is 11.6 Å². The van der Waals surface area contributed by atoms with E-state index in [-0.39, 0.29) is 11.7 Å². The molecule has 0 spiro atoms. The number of nitrogens with zero attached hydrogens (tertiary/aromatic N) is 1. The lowest BCUT2D eigenvalue weighted by molar-refractivity contribution is -0.0601. The SMILES string of the molecule is NC(c1cc(F)ccc1F)C1CN2CCCC2CO1. The maximum Gasteiger partial charge on any atom is 0.128 e. The van der Waals surface area contributed by atoms with Crippen LogP contribution in [0.4, 0.5) is 8.78 Å². The summed E-state index contributed by atoms with van der Waals surface area (Å²) >= 11 is 0. The molecule has 0 saturated carbocycles. The largest absolute Gasteiger partial charge is 0.373 e. The van der Waals surface area contributed by atoms with Crippen molar-refractivity contribution in [2.24, 2.45) is 5.73 Å². The van der Waals surface area contributed by atoms with E-state index in [1.807, 2.05) is 0 Å². The molecule has 2 aliphatic rings. The van der Waals surface area contributed by atoms with E-state index in [1.165, 1.54) is 12.5 Å². The minimum Gasteiger partial charge on any atom is -0.373 e. The Morgan fingerprint density at radius 1 is 1.37 bits per heavy atom. The zero-order valence-electron chi connectivity index (χ0n) is 10.7. The van der Waals surface area contributed by atoms with E-state index in [0.29, 0.717) is 19.2 Å². The summed E-state index contributed by atoms with van der Waals surface area (Å²) in [4.78, 5) is 2.34. The summed E-state index contributed by atoms with van der Waals surface area (Å²) in [5.41, 5.74) is 6.26. The Morgan fingerprint density at radius 2 is 2.21 bits per heavy atom. The molecule has 2 saturated heterocycles. The van der Waals surface area contributed by atoms with Crippen molar-refractivity contribution in [3.63, 3.8) is 0 Å². The van der Waals surface area contributed by atoms with Crippen LogP contribution in [0.25, 0.3) is 0 Å². The average Bonchev–Trinajstić information content (AvgIpc) is 2.88. The third kappa shape index (κ3) is 2.50. The molecule has 0 aliphatic carbocycles. The quantitative estimate of drug-likeness (QED) is 0.889. The normalized spacial score (nSPS) is 29.2. The van der Waals surface area contributed by atoms with Crippen LogP contribution in [0.1, 0.15) is 24.4 Å². The highest BCUT2D eigenvalue weighted by Gasteiger charge is 2.35. The monoisotopic (exact) mass is 268 g/mol. The first-order valence-corrected chi connectivity index (χ1v) is 6.71. The van der Waals surface area contributed by atoms with Gasteiger partial charge in [0.05, 0.1) is 18.8 Å². The highest BCUT2D eigenvalue weighted by Crippen LogP contribution is 2.28. The molecule has 104 valence electrons. The molecule has 0 aromatic heterocycles. The van der Waals surface area contributed by atoms with Gasteiger partial charge in [-0.05, 0) is 37.6 Å². The van der Waals surface area contributed by atoms with E-state index in [4.69, 9.17) is 10.5 Å². The van der Waals surface area contributed by atoms with E-state index in [9.17, 15) is 8.78 Å². The molecule has 0 amide bonds. The summed E-state index contributed by atoms with van der Waals surface area (Å²) in [7, 11) is 0. The Bertz CT molecular complexity index is 469. The Labute approximate surface area is 111 Å². The number of rotatable bonds is 2. The van der Waals surface area contributed by atoms with E-state index in [2.05, 4.69) is 4.90 Å². The third-order valence-corrected chi connectivity index (χ3v) is 4.13. The number of hydrogen-bond acceptors (Lipinski definition) is 3. The summed E-state index contributed by atoms with van der Waals surface area (Å²) in [5.74, 6) is -0.942. The molecule has 2 aliphatic heterocycles. The predicted molar refractivity (Wildman–Crippen MR) is 67.6 cm³/mol. The van der Waals surface area contributed by atoms with Crippen LogP contribution in [0.15, 0.2) is 18.2 Å². The fourth-order valence-electron chi connectivity index (χ4n) is 3.03. The van der Waals surface area contributed by atoms with Gasteiger partial charge in [0, 0.05) is 18.2 Å². The molecular formula is C14H18F2N2O. The van der Waals surface area contributed by atoms with Gasteiger partial charge in [0.15, 0.2) is 0 Å². The summed E-state index contributed by atoms with van der Waals surface area (Å²) in [5, 5.41) is 0. The van der Waals surface area contributed by atoms with Gasteiger partial charge in [-0.1, -0.05) is 0 Å². The number of nitrogens with two attached hydrogens (primary N) is 1. The predicted octanol–water partition coefficient (Wildman–Crippen LogP) is 1.83. The number of benzene rings is 1. The van der Waals surface area contributed by atoms with Gasteiger partial charge in [-0.3, -0.25) is 4.90 Å². The molecule has 3 atom stereocenters. The zero-order valence-corrected chi connectivity index (χ0v) is 10.7. The topological polar surface area (TPSA) is 38.5 Å². The van der Waals surface area contributed by atoms with Gasteiger partial charge in [-0.25, -0.2) is 8.78 Å². The first kappa shape index (κ1) is 13.0. The lowest BCUT2D eigenvalue weighted by Crippen LogP contribution is -2.49. The van der Waals surface area contributed by atoms with Crippen LogP contribution in [0, 0.1) is 11.6 Å². The van der Waals surface area contributed by atoms with Gasteiger partial charge in [0.25, 0.3) is 0 Å². The van der Waals surface area contributed by atoms with Crippen LogP contribution < -0.4 is 5.73 Å². The van der Waals surface area contributed by atoms with E-state index >= 15 is 0 Å². The molecule has 2 fully saturated rings. The van der Waals surface area contributed by atoms with Crippen LogP contribution >= 0.6 is 0 Å². The second-order valence-corrected chi connectivity index (χ2v) is 5.35. The Hall–Kier alpha value is -1.04. The van der Waals surface area contributed by atoms with Crippen molar-refractivity contribution >= 4 is 0 Å². The maximum atomic E-state index is 13.7. The van der Waals surface area contributed by atoms with Crippen molar-refractivity contribution in [2.45, 2.75) is 31.0 Å². The molecule has 19 heavy (non-hydrogen) atoms. The number of halogens is 2. The zero-order chi connectivity index (χ0) is 13.4. The minimum atomic E-state index is -0.628. The lowest BCUT2D eigenvalue weighted by Gasteiger charge is -2.37. The molecule has 3 nitrogen and oxygen atoms in total. The molecular weight excluding hydrogens is 250 g/mol. The van der Waals surface area contributed by atoms with E-state index < -0.39 is 17.7 Å². The Morgan fingerprint density at radius 3 is 3.05 bits per heavy atom. The molecule has 2 N–H and O–H groups in total. The van der Waals surface area contributed by atoms with Gasteiger partial charge in [-0.2, -0.15) is 0 Å². The van der Waals surface area contributed by atoms with Gasteiger partial charge >= 0.3 is 0 Å². The molecule has 2 heterocycles. The standard InChI is InChI=1S/C14H18F2N2O/c15-9-3-4-12(16)11(6-9)14(17)13-7-18-5-1-2-10(18)8-19-13/h3-4,6,10,13-14H,1-2,5,7-8,17H2. The minimum absolute atomic E-state index is 0.197. The van der Waals surface area contributed by atoms with E-state index in [1.54, 1.807) is 0 Å². The first-order chi connectivity index (χ1) is 9.15. The van der Waals surface area contributed by atoms with Crippen molar-refractivity contribution < 1.29 is 13.5 Å². The molecule has 0 bridgehead atoms. The van der Waals surface area contributed by atoms with Crippen molar-refractivity contribution in [1.82, 2.24) is 4.90 Å². The van der Waals surface area contributed by atoms with Crippen molar-refractivity contribution in [1.29, 1.82) is 0 Å². The first-order valence-electron chi connectivity index (χ1n) is 6.71. The maximum absolute atomic E-state index is 13.7. The molecule has 3 unspecified atom stereocenters. The summed E-state index contributed by atoms with van der Waals surface area (Å²) in [6.07, 6.45) is 2.05. The second-order valence-electron chi connectivity index (χ2n) is 5.35. The second kappa shape index (κ2) is 5.15. The number of fused-ring (bicyclic) bond motifs is 1. The molecule has 1 aromatic rings. The van der Waals surface area contributed by atoms with E-state index in [0.717, 1.165) is 25.1 Å². The summed E-state index contributed by atoms with van der Waals surface area (Å²) in [6, 6.07) is 3.23. The van der Waals surface area contributed by atoms with Gasteiger partial charge < -0.3 is 10.5 Å². The highest BCUT2D eigenvalue weighted by molar-refractivity contribution is 5.23. The molecule has 1 aromatic carbocycles. The fraction of sp³-hybridized carbons (Fsp3) is 0.571. The average molecular weight is 268 g/mol. The van der Waals surface area contributed by atoms with Crippen LogP contribution in [-0.4, -0.2) is 36.7 Å². The van der Waals surface area contributed by atoms with Crippen molar-refractivity contribution in [3.05, 3.63) is 35.4 Å². The van der Waals surface area contributed by atoms with Gasteiger partial charge in [0.2, 0.25) is 0 Å². The Kier molecular flexibility index (Phi) is 3.52.